The van der Waals surface area contributed by atoms with Gasteiger partial charge < -0.3 is 9.84 Å². The fraction of sp³-hybridized carbons (Fsp3) is 0.500. The number of benzene rings is 1. The van der Waals surface area contributed by atoms with Gasteiger partial charge in [0.25, 0.3) is 0 Å². The minimum Gasteiger partial charge on any atom is -0.339 e. The smallest absolute Gasteiger partial charge is 0.233 e. The second-order valence-electron chi connectivity index (χ2n) is 6.32. The number of hydrogen-bond acceptors (Lipinski definition) is 4. The van der Waals surface area contributed by atoms with Crippen LogP contribution in [0.1, 0.15) is 42.1 Å². The Morgan fingerprint density at radius 2 is 2.00 bits per heavy atom. The summed E-state index contributed by atoms with van der Waals surface area (Å²) in [6.45, 7) is 4.16. The van der Waals surface area contributed by atoms with Crippen LogP contribution in [0.25, 0.3) is 0 Å². The van der Waals surface area contributed by atoms with Crippen LogP contribution in [0, 0.1) is 0 Å². The molecule has 0 amide bonds. The van der Waals surface area contributed by atoms with Gasteiger partial charge in [0.1, 0.15) is 0 Å². The van der Waals surface area contributed by atoms with E-state index in [0.717, 1.165) is 44.1 Å². The Kier molecular flexibility index (Phi) is 2.67. The molecule has 1 aliphatic heterocycles. The highest BCUT2D eigenvalue weighted by molar-refractivity contribution is 5.35. The van der Waals surface area contributed by atoms with Gasteiger partial charge in [-0.1, -0.05) is 29.4 Å². The molecular weight excluding hydrogens is 250 g/mol. The van der Waals surface area contributed by atoms with E-state index < -0.39 is 0 Å². The first-order valence-corrected chi connectivity index (χ1v) is 7.36. The maximum atomic E-state index is 5.56. The lowest BCUT2D eigenvalue weighted by Gasteiger charge is -2.16. The van der Waals surface area contributed by atoms with Crippen LogP contribution < -0.4 is 5.32 Å². The molecule has 2 aliphatic rings. The number of rotatable bonds is 2. The summed E-state index contributed by atoms with van der Waals surface area (Å²) < 4.78 is 5.56. The van der Waals surface area contributed by atoms with E-state index in [-0.39, 0.29) is 5.41 Å². The molecule has 104 valence electrons. The summed E-state index contributed by atoms with van der Waals surface area (Å²) in [6, 6.07) is 8.62. The molecule has 0 bridgehead atoms. The SMILES string of the molecule is CC1(c2nc(C3Cc4ccccc4C3)no2)CCNC1. The zero-order chi connectivity index (χ0) is 13.6. The molecular formula is C16H19N3O. The van der Waals surface area contributed by atoms with E-state index in [0.29, 0.717) is 5.92 Å². The minimum absolute atomic E-state index is 0.0106. The topological polar surface area (TPSA) is 51.0 Å². The zero-order valence-electron chi connectivity index (χ0n) is 11.7. The van der Waals surface area contributed by atoms with Crippen molar-refractivity contribution in [3.63, 3.8) is 0 Å². The highest BCUT2D eigenvalue weighted by atomic mass is 16.5. The molecule has 0 spiro atoms. The Labute approximate surface area is 118 Å². The third-order valence-corrected chi connectivity index (χ3v) is 4.74. The predicted octanol–water partition coefficient (Wildman–Crippen LogP) is 2.20. The van der Waals surface area contributed by atoms with E-state index in [1.165, 1.54) is 11.1 Å². The molecule has 1 saturated heterocycles. The van der Waals surface area contributed by atoms with Gasteiger partial charge >= 0.3 is 0 Å². The molecule has 0 radical (unpaired) electrons. The van der Waals surface area contributed by atoms with Crippen LogP contribution in [0.2, 0.25) is 0 Å². The Balaban J connectivity index is 1.58. The van der Waals surface area contributed by atoms with Crippen molar-refractivity contribution < 1.29 is 4.52 Å². The third kappa shape index (κ3) is 1.86. The largest absolute Gasteiger partial charge is 0.339 e. The average Bonchev–Trinajstić information content (AvgIpc) is 3.17. The molecule has 4 heteroatoms. The molecule has 1 aliphatic carbocycles. The van der Waals surface area contributed by atoms with Gasteiger partial charge in [-0.05, 0) is 43.9 Å². The number of nitrogens with one attached hydrogen (secondary N) is 1. The van der Waals surface area contributed by atoms with Gasteiger partial charge in [-0.25, -0.2) is 0 Å². The summed E-state index contributed by atoms with van der Waals surface area (Å²) in [5.74, 6) is 2.06. The first-order valence-electron chi connectivity index (χ1n) is 7.36. The zero-order valence-corrected chi connectivity index (χ0v) is 11.7. The van der Waals surface area contributed by atoms with Crippen molar-refractivity contribution in [2.24, 2.45) is 0 Å². The summed E-state index contributed by atoms with van der Waals surface area (Å²) in [5.41, 5.74) is 2.87. The van der Waals surface area contributed by atoms with Gasteiger partial charge in [-0.15, -0.1) is 0 Å². The number of hydrogen-bond donors (Lipinski definition) is 1. The van der Waals surface area contributed by atoms with Crippen molar-refractivity contribution in [3.05, 3.63) is 47.1 Å². The molecule has 1 aromatic heterocycles. The summed E-state index contributed by atoms with van der Waals surface area (Å²) in [5, 5.41) is 7.63. The van der Waals surface area contributed by atoms with Crippen molar-refractivity contribution in [2.75, 3.05) is 13.1 Å². The predicted molar refractivity (Wildman–Crippen MR) is 75.7 cm³/mol. The van der Waals surface area contributed by atoms with E-state index in [9.17, 15) is 0 Å². The van der Waals surface area contributed by atoms with Crippen LogP contribution in [0.5, 0.6) is 0 Å². The van der Waals surface area contributed by atoms with Gasteiger partial charge in [0, 0.05) is 12.5 Å². The van der Waals surface area contributed by atoms with Crippen LogP contribution in [-0.2, 0) is 18.3 Å². The second-order valence-corrected chi connectivity index (χ2v) is 6.32. The Morgan fingerprint density at radius 1 is 1.25 bits per heavy atom. The van der Waals surface area contributed by atoms with Crippen LogP contribution >= 0.6 is 0 Å². The lowest BCUT2D eigenvalue weighted by Crippen LogP contribution is -2.25. The van der Waals surface area contributed by atoms with Crippen LogP contribution in [0.4, 0.5) is 0 Å². The van der Waals surface area contributed by atoms with Crippen molar-refractivity contribution in [2.45, 2.75) is 37.5 Å². The molecule has 4 nitrogen and oxygen atoms in total. The molecule has 1 aromatic carbocycles. The summed E-state index contributed by atoms with van der Waals surface area (Å²) >= 11 is 0. The molecule has 0 saturated carbocycles. The highest BCUT2D eigenvalue weighted by Crippen LogP contribution is 2.34. The van der Waals surface area contributed by atoms with Crippen molar-refractivity contribution in [1.82, 2.24) is 15.5 Å². The van der Waals surface area contributed by atoms with Crippen LogP contribution in [0.15, 0.2) is 28.8 Å². The van der Waals surface area contributed by atoms with Gasteiger partial charge in [-0.2, -0.15) is 4.98 Å². The molecule has 1 unspecified atom stereocenters. The number of fused-ring (bicyclic) bond motifs is 1. The molecule has 1 atom stereocenters. The maximum Gasteiger partial charge on any atom is 0.233 e. The summed E-state index contributed by atoms with van der Waals surface area (Å²) in [7, 11) is 0. The standard InChI is InChI=1S/C16H19N3O/c1-16(6-7-17-10-16)15-18-14(19-20-15)13-8-11-4-2-3-5-12(11)9-13/h2-5,13,17H,6-10H2,1H3. The lowest BCUT2D eigenvalue weighted by molar-refractivity contribution is 0.303. The monoisotopic (exact) mass is 269 g/mol. The molecule has 2 heterocycles. The number of aromatic nitrogens is 2. The first-order chi connectivity index (χ1) is 9.74. The van der Waals surface area contributed by atoms with Crippen molar-refractivity contribution in [3.8, 4) is 0 Å². The fourth-order valence-corrected chi connectivity index (χ4v) is 3.39. The Bertz CT molecular complexity index is 603. The van der Waals surface area contributed by atoms with E-state index >= 15 is 0 Å². The normalized spacial score (nSPS) is 26.1. The molecule has 1 fully saturated rings. The third-order valence-electron chi connectivity index (χ3n) is 4.74. The first kappa shape index (κ1) is 12.1. The van der Waals surface area contributed by atoms with Gasteiger partial charge in [0.05, 0.1) is 5.41 Å². The van der Waals surface area contributed by atoms with E-state index in [1.807, 2.05) is 0 Å². The minimum atomic E-state index is 0.0106. The Hall–Kier alpha value is -1.68. The molecule has 4 rings (SSSR count). The lowest BCUT2D eigenvalue weighted by atomic mass is 9.90. The maximum absolute atomic E-state index is 5.56. The van der Waals surface area contributed by atoms with Crippen LogP contribution in [0.3, 0.4) is 0 Å². The quantitative estimate of drug-likeness (QED) is 0.908. The van der Waals surface area contributed by atoms with Gasteiger partial charge in [-0.3, -0.25) is 0 Å². The molecule has 2 aromatic rings. The highest BCUT2D eigenvalue weighted by Gasteiger charge is 2.37. The van der Waals surface area contributed by atoms with E-state index in [4.69, 9.17) is 9.51 Å². The molecule has 1 N–H and O–H groups in total. The van der Waals surface area contributed by atoms with E-state index in [2.05, 4.69) is 41.7 Å². The summed E-state index contributed by atoms with van der Waals surface area (Å²) in [6.07, 6.45) is 3.13. The average molecular weight is 269 g/mol. The molecule has 20 heavy (non-hydrogen) atoms. The fourth-order valence-electron chi connectivity index (χ4n) is 3.39. The second kappa shape index (κ2) is 4.42. The van der Waals surface area contributed by atoms with Gasteiger partial charge in [0.2, 0.25) is 5.89 Å². The van der Waals surface area contributed by atoms with Gasteiger partial charge in [0.15, 0.2) is 5.82 Å². The summed E-state index contributed by atoms with van der Waals surface area (Å²) in [4.78, 5) is 4.71. The Morgan fingerprint density at radius 3 is 2.65 bits per heavy atom. The van der Waals surface area contributed by atoms with Crippen molar-refractivity contribution in [1.29, 1.82) is 0 Å². The van der Waals surface area contributed by atoms with Crippen molar-refractivity contribution >= 4 is 0 Å². The number of nitrogens with zero attached hydrogens (tertiary/aromatic N) is 2. The van der Waals surface area contributed by atoms with Crippen LogP contribution in [-0.4, -0.2) is 23.2 Å². The van der Waals surface area contributed by atoms with E-state index in [1.54, 1.807) is 0 Å².